The normalized spacial score (nSPS) is 18.1. The van der Waals surface area contributed by atoms with Crippen LogP contribution in [0.25, 0.3) is 0 Å². The molecular weight excluding hydrogens is 244 g/mol. The van der Waals surface area contributed by atoms with Gasteiger partial charge in [0.05, 0.1) is 31.1 Å². The summed E-state index contributed by atoms with van der Waals surface area (Å²) in [5.41, 5.74) is 0.918. The first-order valence-electron chi connectivity index (χ1n) is 7.08. The Morgan fingerprint density at radius 2 is 2.16 bits per heavy atom. The quantitative estimate of drug-likeness (QED) is 0.788. The van der Waals surface area contributed by atoms with Crippen molar-refractivity contribution in [1.29, 1.82) is 0 Å². The van der Waals surface area contributed by atoms with Crippen LogP contribution in [0.5, 0.6) is 0 Å². The second-order valence-electron chi connectivity index (χ2n) is 5.27. The van der Waals surface area contributed by atoms with E-state index in [2.05, 4.69) is 10.3 Å². The van der Waals surface area contributed by atoms with Crippen LogP contribution in [0.3, 0.4) is 0 Å². The lowest BCUT2D eigenvalue weighted by Crippen LogP contribution is -2.31. The summed E-state index contributed by atoms with van der Waals surface area (Å²) < 4.78 is 11.1. The number of aryl methyl sites for hydroxylation is 2. The fourth-order valence-corrected chi connectivity index (χ4v) is 2.32. The molecule has 1 aromatic rings. The number of aliphatic hydroxyl groups is 1. The topological polar surface area (TPSA) is 67.5 Å². The first-order valence-corrected chi connectivity index (χ1v) is 7.08. The lowest BCUT2D eigenvalue weighted by Gasteiger charge is -2.15. The molecule has 0 spiro atoms. The zero-order chi connectivity index (χ0) is 13.7. The van der Waals surface area contributed by atoms with Crippen molar-refractivity contribution in [3.05, 3.63) is 17.3 Å². The Labute approximate surface area is 114 Å². The van der Waals surface area contributed by atoms with Crippen molar-refractivity contribution < 1.29 is 14.3 Å². The van der Waals surface area contributed by atoms with Crippen LogP contribution in [-0.2, 0) is 11.3 Å². The highest BCUT2D eigenvalue weighted by atomic mass is 16.5. The van der Waals surface area contributed by atoms with E-state index >= 15 is 0 Å². The van der Waals surface area contributed by atoms with Crippen molar-refractivity contribution in [2.75, 3.05) is 13.2 Å². The number of nitrogens with one attached hydrogen (secondary N) is 1. The maximum Gasteiger partial charge on any atom is 0.208 e. The van der Waals surface area contributed by atoms with Crippen LogP contribution in [0.4, 0.5) is 0 Å². The number of hydrogen-bond acceptors (Lipinski definition) is 5. The van der Waals surface area contributed by atoms with E-state index in [1.807, 2.05) is 13.8 Å². The van der Waals surface area contributed by atoms with Gasteiger partial charge in [0, 0.05) is 6.54 Å². The van der Waals surface area contributed by atoms with Gasteiger partial charge in [-0.15, -0.1) is 0 Å². The molecule has 2 rings (SSSR count). The van der Waals surface area contributed by atoms with Gasteiger partial charge in [-0.1, -0.05) is 12.8 Å². The van der Waals surface area contributed by atoms with Crippen LogP contribution >= 0.6 is 0 Å². The Bertz CT molecular complexity index is 367. The fraction of sp³-hybridized carbons (Fsp3) is 0.786. The standard InChI is InChI=1S/C14H24N2O3/c1-10-11(2)19-14(16-10)8-15-7-12(17)9-18-13-5-3-4-6-13/h12-13,15,17H,3-9H2,1-2H3. The molecule has 0 bridgehead atoms. The Morgan fingerprint density at radius 3 is 2.79 bits per heavy atom. The highest BCUT2D eigenvalue weighted by Crippen LogP contribution is 2.20. The fourth-order valence-electron chi connectivity index (χ4n) is 2.32. The molecule has 1 heterocycles. The van der Waals surface area contributed by atoms with Crippen molar-refractivity contribution in [1.82, 2.24) is 10.3 Å². The molecule has 5 nitrogen and oxygen atoms in total. The highest BCUT2D eigenvalue weighted by molar-refractivity contribution is 5.05. The highest BCUT2D eigenvalue weighted by Gasteiger charge is 2.16. The Balaban J connectivity index is 1.59. The van der Waals surface area contributed by atoms with Gasteiger partial charge >= 0.3 is 0 Å². The molecule has 1 aromatic heterocycles. The largest absolute Gasteiger partial charge is 0.444 e. The maximum absolute atomic E-state index is 9.81. The van der Waals surface area contributed by atoms with Gasteiger partial charge in [0.15, 0.2) is 0 Å². The van der Waals surface area contributed by atoms with E-state index < -0.39 is 6.10 Å². The predicted molar refractivity (Wildman–Crippen MR) is 71.9 cm³/mol. The third-order valence-electron chi connectivity index (χ3n) is 3.56. The number of ether oxygens (including phenoxy) is 1. The van der Waals surface area contributed by atoms with E-state index in [0.717, 1.165) is 24.3 Å². The van der Waals surface area contributed by atoms with Crippen molar-refractivity contribution in [2.24, 2.45) is 0 Å². The Kier molecular flexibility index (Phi) is 5.36. The summed E-state index contributed by atoms with van der Waals surface area (Å²) in [6.07, 6.45) is 4.65. The van der Waals surface area contributed by atoms with E-state index in [0.29, 0.717) is 31.7 Å². The van der Waals surface area contributed by atoms with Gasteiger partial charge in [0.2, 0.25) is 5.89 Å². The predicted octanol–water partition coefficient (Wildman–Crippen LogP) is 1.70. The van der Waals surface area contributed by atoms with E-state index in [1.165, 1.54) is 12.8 Å². The molecule has 1 atom stereocenters. The van der Waals surface area contributed by atoms with Gasteiger partial charge in [-0.2, -0.15) is 0 Å². The second-order valence-corrected chi connectivity index (χ2v) is 5.27. The van der Waals surface area contributed by atoms with Crippen molar-refractivity contribution >= 4 is 0 Å². The van der Waals surface area contributed by atoms with Crippen LogP contribution in [0.2, 0.25) is 0 Å². The molecule has 2 N–H and O–H groups in total. The summed E-state index contributed by atoms with van der Waals surface area (Å²) in [6, 6.07) is 0. The Hall–Kier alpha value is -0.910. The molecule has 0 radical (unpaired) electrons. The summed E-state index contributed by atoms with van der Waals surface area (Å²) in [4.78, 5) is 4.27. The summed E-state index contributed by atoms with van der Waals surface area (Å²) in [5, 5.41) is 12.9. The summed E-state index contributed by atoms with van der Waals surface area (Å²) in [5.74, 6) is 1.51. The van der Waals surface area contributed by atoms with E-state index in [9.17, 15) is 5.11 Å². The van der Waals surface area contributed by atoms with Crippen LogP contribution in [-0.4, -0.2) is 35.5 Å². The first-order chi connectivity index (χ1) is 9.15. The summed E-state index contributed by atoms with van der Waals surface area (Å²) in [7, 11) is 0. The van der Waals surface area contributed by atoms with Gasteiger partial charge in [-0.05, 0) is 26.7 Å². The molecule has 0 aromatic carbocycles. The van der Waals surface area contributed by atoms with Crippen molar-refractivity contribution in [3.63, 3.8) is 0 Å². The molecule has 108 valence electrons. The van der Waals surface area contributed by atoms with Crippen LogP contribution in [0.15, 0.2) is 4.42 Å². The molecule has 19 heavy (non-hydrogen) atoms. The maximum atomic E-state index is 9.81. The van der Waals surface area contributed by atoms with Gasteiger partial charge in [-0.25, -0.2) is 4.98 Å². The number of oxazole rings is 1. The number of hydrogen-bond donors (Lipinski definition) is 2. The molecule has 0 saturated heterocycles. The number of nitrogens with zero attached hydrogens (tertiary/aromatic N) is 1. The average molecular weight is 268 g/mol. The molecular formula is C14H24N2O3. The van der Waals surface area contributed by atoms with E-state index in [1.54, 1.807) is 0 Å². The van der Waals surface area contributed by atoms with Gasteiger partial charge in [-0.3, -0.25) is 0 Å². The third kappa shape index (κ3) is 4.60. The molecule has 1 fully saturated rings. The Morgan fingerprint density at radius 1 is 1.42 bits per heavy atom. The van der Waals surface area contributed by atoms with Gasteiger partial charge in [0.25, 0.3) is 0 Å². The molecule has 0 amide bonds. The average Bonchev–Trinajstić information content (AvgIpc) is 2.98. The zero-order valence-electron chi connectivity index (χ0n) is 11.8. The minimum Gasteiger partial charge on any atom is -0.444 e. The monoisotopic (exact) mass is 268 g/mol. The number of rotatable bonds is 7. The lowest BCUT2D eigenvalue weighted by molar-refractivity contribution is -0.00564. The van der Waals surface area contributed by atoms with Crippen molar-refractivity contribution in [3.8, 4) is 0 Å². The van der Waals surface area contributed by atoms with Gasteiger partial charge in [0.1, 0.15) is 5.76 Å². The summed E-state index contributed by atoms with van der Waals surface area (Å²) >= 11 is 0. The van der Waals surface area contributed by atoms with Crippen LogP contribution in [0, 0.1) is 13.8 Å². The minimum absolute atomic E-state index is 0.353. The van der Waals surface area contributed by atoms with Crippen LogP contribution < -0.4 is 5.32 Å². The van der Waals surface area contributed by atoms with E-state index in [4.69, 9.17) is 9.15 Å². The molecule has 0 aliphatic heterocycles. The molecule has 1 aliphatic carbocycles. The van der Waals surface area contributed by atoms with E-state index in [-0.39, 0.29) is 0 Å². The first kappa shape index (κ1) is 14.5. The van der Waals surface area contributed by atoms with Gasteiger partial charge < -0.3 is 19.6 Å². The molecule has 1 saturated carbocycles. The molecule has 5 heteroatoms. The minimum atomic E-state index is -0.474. The SMILES string of the molecule is Cc1nc(CNCC(O)COC2CCCC2)oc1C. The molecule has 1 aliphatic rings. The molecule has 1 unspecified atom stereocenters. The number of aromatic nitrogens is 1. The third-order valence-corrected chi connectivity index (χ3v) is 3.56. The summed E-state index contributed by atoms with van der Waals surface area (Å²) in [6.45, 7) is 5.26. The van der Waals surface area contributed by atoms with Crippen LogP contribution in [0.1, 0.15) is 43.0 Å². The zero-order valence-corrected chi connectivity index (χ0v) is 11.8. The smallest absolute Gasteiger partial charge is 0.208 e. The number of aliphatic hydroxyl groups excluding tert-OH is 1. The second kappa shape index (κ2) is 7.03. The lowest BCUT2D eigenvalue weighted by atomic mass is 10.3. The van der Waals surface area contributed by atoms with Crippen molar-refractivity contribution in [2.45, 2.75) is 58.3 Å².